The number of rotatable bonds is 5. The second-order valence-corrected chi connectivity index (χ2v) is 11.5. The SMILES string of the molecule is CCOC(=O)c1[nH]cc2c1N=C1CC(C)(C)CC(=O)C1C2c1ccc(Sc2nc3ccc(C)cc3[nH]2)o1. The second-order valence-electron chi connectivity index (χ2n) is 10.6. The molecule has 0 bridgehead atoms. The number of imidazole rings is 1. The molecular formula is C28H28N4O4S. The Kier molecular flexibility index (Phi) is 5.63. The molecule has 3 aromatic heterocycles. The summed E-state index contributed by atoms with van der Waals surface area (Å²) < 4.78 is 11.6. The van der Waals surface area contributed by atoms with Gasteiger partial charge in [-0.25, -0.2) is 9.78 Å². The normalized spacial score (nSPS) is 20.4. The van der Waals surface area contributed by atoms with Crippen LogP contribution in [0.5, 0.6) is 0 Å². The third kappa shape index (κ3) is 4.21. The summed E-state index contributed by atoms with van der Waals surface area (Å²) in [6.07, 6.45) is 2.91. The molecule has 1 aliphatic heterocycles. The Morgan fingerprint density at radius 3 is 2.86 bits per heavy atom. The van der Waals surface area contributed by atoms with E-state index < -0.39 is 11.9 Å². The van der Waals surface area contributed by atoms with Crippen molar-refractivity contribution in [2.75, 3.05) is 6.61 Å². The fraction of sp³-hybridized carbons (Fsp3) is 0.357. The van der Waals surface area contributed by atoms with Gasteiger partial charge in [0.25, 0.3) is 0 Å². The number of benzene rings is 1. The molecule has 0 saturated heterocycles. The maximum atomic E-state index is 13.5. The van der Waals surface area contributed by atoms with E-state index in [-0.39, 0.29) is 23.7 Å². The number of aliphatic imine (C=N–C) groups is 1. The Bertz CT molecular complexity index is 1570. The van der Waals surface area contributed by atoms with Crippen molar-refractivity contribution in [1.29, 1.82) is 0 Å². The van der Waals surface area contributed by atoms with E-state index in [1.165, 1.54) is 11.8 Å². The molecule has 1 aliphatic carbocycles. The molecule has 2 aliphatic rings. The Balaban J connectivity index is 1.38. The number of ketones is 1. The van der Waals surface area contributed by atoms with Gasteiger partial charge in [0.15, 0.2) is 15.9 Å². The van der Waals surface area contributed by atoms with Crippen molar-refractivity contribution in [3.63, 3.8) is 0 Å². The van der Waals surface area contributed by atoms with Gasteiger partial charge in [-0.3, -0.25) is 9.79 Å². The summed E-state index contributed by atoms with van der Waals surface area (Å²) in [7, 11) is 0. The molecule has 4 aromatic rings. The number of H-pyrrole nitrogens is 2. The van der Waals surface area contributed by atoms with Gasteiger partial charge in [0.05, 0.1) is 35.2 Å². The largest absolute Gasteiger partial charge is 0.461 e. The molecule has 8 nitrogen and oxygen atoms in total. The molecule has 0 radical (unpaired) electrons. The third-order valence-corrected chi connectivity index (χ3v) is 7.83. The summed E-state index contributed by atoms with van der Waals surface area (Å²) in [4.78, 5) is 42.0. The van der Waals surface area contributed by atoms with Crippen LogP contribution in [0.2, 0.25) is 0 Å². The van der Waals surface area contributed by atoms with E-state index in [1.54, 1.807) is 13.1 Å². The van der Waals surface area contributed by atoms with Crippen LogP contribution in [0.4, 0.5) is 5.69 Å². The molecule has 0 amide bonds. The molecule has 0 spiro atoms. The number of aromatic amines is 2. The fourth-order valence-electron chi connectivity index (χ4n) is 5.51. The summed E-state index contributed by atoms with van der Waals surface area (Å²) in [5.74, 6) is -0.455. The number of carbonyl (C=O) groups excluding carboxylic acids is 2. The van der Waals surface area contributed by atoms with Crippen molar-refractivity contribution < 1.29 is 18.7 Å². The van der Waals surface area contributed by atoms with E-state index in [2.05, 4.69) is 34.9 Å². The summed E-state index contributed by atoms with van der Waals surface area (Å²) in [5, 5.41) is 1.40. The molecule has 37 heavy (non-hydrogen) atoms. The van der Waals surface area contributed by atoms with Gasteiger partial charge >= 0.3 is 5.97 Å². The van der Waals surface area contributed by atoms with Gasteiger partial charge in [-0.15, -0.1) is 0 Å². The monoisotopic (exact) mass is 516 g/mol. The molecule has 2 unspecified atom stereocenters. The van der Waals surface area contributed by atoms with Crippen molar-refractivity contribution in [3.05, 3.63) is 59.1 Å². The maximum Gasteiger partial charge on any atom is 0.357 e. The van der Waals surface area contributed by atoms with Crippen molar-refractivity contribution in [2.24, 2.45) is 16.3 Å². The molecular weight excluding hydrogens is 488 g/mol. The number of furan rings is 1. The van der Waals surface area contributed by atoms with Crippen LogP contribution in [0.25, 0.3) is 11.0 Å². The lowest BCUT2D eigenvalue weighted by atomic mass is 9.65. The van der Waals surface area contributed by atoms with Crippen LogP contribution in [0.15, 0.2) is 56.2 Å². The number of nitrogens with one attached hydrogen (secondary N) is 2. The average molecular weight is 517 g/mol. The van der Waals surface area contributed by atoms with Gasteiger partial charge in [0.1, 0.15) is 11.5 Å². The molecule has 4 heterocycles. The Labute approximate surface area is 218 Å². The molecule has 6 rings (SSSR count). The molecule has 2 atom stereocenters. The summed E-state index contributed by atoms with van der Waals surface area (Å²) in [6, 6.07) is 9.91. The van der Waals surface area contributed by atoms with Crippen LogP contribution in [-0.4, -0.2) is 39.0 Å². The van der Waals surface area contributed by atoms with Gasteiger partial charge in [-0.2, -0.15) is 0 Å². The summed E-state index contributed by atoms with van der Waals surface area (Å²) in [6.45, 7) is 8.23. The van der Waals surface area contributed by atoms with Crippen molar-refractivity contribution >= 4 is 45.9 Å². The molecule has 9 heteroatoms. The Hall–Kier alpha value is -3.59. The topological polar surface area (TPSA) is 113 Å². The van der Waals surface area contributed by atoms with E-state index in [0.717, 1.165) is 33.0 Å². The van der Waals surface area contributed by atoms with Gasteiger partial charge in [0.2, 0.25) is 0 Å². The second kappa shape index (κ2) is 8.76. The zero-order valence-electron chi connectivity index (χ0n) is 21.2. The smallest absolute Gasteiger partial charge is 0.357 e. The minimum absolute atomic E-state index is 0.141. The van der Waals surface area contributed by atoms with Crippen molar-refractivity contribution in [3.8, 4) is 0 Å². The molecule has 1 saturated carbocycles. The zero-order chi connectivity index (χ0) is 25.9. The minimum atomic E-state index is -0.456. The Morgan fingerprint density at radius 1 is 1.22 bits per heavy atom. The van der Waals surface area contributed by atoms with Crippen molar-refractivity contribution in [1.82, 2.24) is 15.0 Å². The zero-order valence-corrected chi connectivity index (χ0v) is 22.0. The number of esters is 1. The van der Waals surface area contributed by atoms with Crippen LogP contribution in [0, 0.1) is 18.3 Å². The molecule has 1 aromatic carbocycles. The van der Waals surface area contributed by atoms with Crippen LogP contribution in [0.1, 0.15) is 66.9 Å². The van der Waals surface area contributed by atoms with E-state index >= 15 is 0 Å². The first kappa shape index (κ1) is 23.8. The number of nitrogens with zero attached hydrogens (tertiary/aromatic N) is 2. The van der Waals surface area contributed by atoms with Gasteiger partial charge in [0, 0.05) is 23.9 Å². The van der Waals surface area contributed by atoms with Crippen LogP contribution in [-0.2, 0) is 9.53 Å². The number of Topliss-reactive ketones (excluding diaryl/α,β-unsaturated/α-hetero) is 1. The van der Waals surface area contributed by atoms with Crippen LogP contribution >= 0.6 is 11.8 Å². The number of fused-ring (bicyclic) bond motifs is 3. The number of aryl methyl sites for hydroxylation is 1. The molecule has 1 fully saturated rings. The summed E-state index contributed by atoms with van der Waals surface area (Å²) >= 11 is 1.40. The first-order valence-electron chi connectivity index (χ1n) is 12.4. The van der Waals surface area contributed by atoms with Gasteiger partial charge < -0.3 is 19.1 Å². The highest BCUT2D eigenvalue weighted by molar-refractivity contribution is 7.99. The standard InChI is InChI=1S/C28H28N4O4S/c1-5-35-26(34)25-24-15(13-29-25)22(23-18(30-24)11-28(3,4)12-19(23)33)20-8-9-21(36-20)37-27-31-16-7-6-14(2)10-17(16)32-27/h6-10,13,22-23,29H,5,11-12H2,1-4H3,(H,31,32). The maximum absolute atomic E-state index is 13.5. The minimum Gasteiger partial charge on any atom is -0.461 e. The lowest BCUT2D eigenvalue weighted by molar-refractivity contribution is -0.124. The van der Waals surface area contributed by atoms with E-state index in [0.29, 0.717) is 35.1 Å². The quantitative estimate of drug-likeness (QED) is 0.299. The van der Waals surface area contributed by atoms with Crippen molar-refractivity contribution in [2.45, 2.75) is 56.7 Å². The lowest BCUT2D eigenvalue weighted by Gasteiger charge is -2.39. The predicted octanol–water partition coefficient (Wildman–Crippen LogP) is 6.34. The highest BCUT2D eigenvalue weighted by Crippen LogP contribution is 2.50. The van der Waals surface area contributed by atoms with E-state index in [4.69, 9.17) is 14.1 Å². The Morgan fingerprint density at radius 2 is 2.05 bits per heavy atom. The number of hydrogen-bond acceptors (Lipinski definition) is 7. The third-order valence-electron chi connectivity index (χ3n) is 7.03. The number of hydrogen-bond donors (Lipinski definition) is 2. The average Bonchev–Trinajstić information content (AvgIpc) is 3.55. The lowest BCUT2D eigenvalue weighted by Crippen LogP contribution is -2.42. The number of carbonyl (C=O) groups is 2. The van der Waals surface area contributed by atoms with E-state index in [9.17, 15) is 9.59 Å². The first-order valence-corrected chi connectivity index (χ1v) is 13.3. The molecule has 190 valence electrons. The first-order chi connectivity index (χ1) is 17.7. The van der Waals surface area contributed by atoms with Gasteiger partial charge in [-0.05, 0) is 67.3 Å². The fourth-order valence-corrected chi connectivity index (χ4v) is 6.28. The molecule has 2 N–H and O–H groups in total. The summed E-state index contributed by atoms with van der Waals surface area (Å²) in [5.41, 5.74) is 5.25. The highest BCUT2D eigenvalue weighted by Gasteiger charge is 2.48. The van der Waals surface area contributed by atoms with Crippen LogP contribution < -0.4 is 0 Å². The number of aromatic nitrogens is 3. The van der Waals surface area contributed by atoms with Crippen LogP contribution in [0.3, 0.4) is 0 Å². The van der Waals surface area contributed by atoms with E-state index in [1.807, 2.05) is 31.2 Å². The number of ether oxygens (including phenoxy) is 1. The van der Waals surface area contributed by atoms with Gasteiger partial charge in [-0.1, -0.05) is 19.9 Å². The predicted molar refractivity (Wildman–Crippen MR) is 141 cm³/mol. The highest BCUT2D eigenvalue weighted by atomic mass is 32.2.